The first-order valence-corrected chi connectivity index (χ1v) is 5.56. The van der Waals surface area contributed by atoms with Crippen LogP contribution in [0.25, 0.3) is 0 Å². The molecule has 1 heterocycles. The molecule has 0 aliphatic rings. The number of hydrogen-bond acceptors (Lipinski definition) is 4. The molecule has 4 nitrogen and oxygen atoms in total. The lowest BCUT2D eigenvalue weighted by Crippen LogP contribution is -2.31. The first-order valence-electron chi connectivity index (χ1n) is 5.19. The van der Waals surface area contributed by atoms with Gasteiger partial charge in [-0.1, -0.05) is 11.6 Å². The zero-order valence-corrected chi connectivity index (χ0v) is 10.6. The van der Waals surface area contributed by atoms with Crippen molar-refractivity contribution in [2.75, 3.05) is 32.5 Å². The Labute approximate surface area is 101 Å². The summed E-state index contributed by atoms with van der Waals surface area (Å²) in [4.78, 5) is 6.19. The maximum Gasteiger partial charge on any atom is 0.126 e. The Morgan fingerprint density at radius 1 is 1.50 bits per heavy atom. The summed E-state index contributed by atoms with van der Waals surface area (Å²) in [6.45, 7) is 2.95. The molecule has 1 aromatic heterocycles. The van der Waals surface area contributed by atoms with Crippen molar-refractivity contribution in [3.8, 4) is 0 Å². The number of likely N-dealkylation sites (N-methyl/N-ethyl adjacent to an activating group) is 1. The third-order valence-corrected chi connectivity index (χ3v) is 2.52. The number of halogens is 1. The van der Waals surface area contributed by atoms with Gasteiger partial charge in [-0.3, -0.25) is 0 Å². The number of aryl methyl sites for hydroxylation is 1. The van der Waals surface area contributed by atoms with E-state index in [2.05, 4.69) is 10.3 Å². The third-order valence-electron chi connectivity index (χ3n) is 2.12. The van der Waals surface area contributed by atoms with E-state index >= 15 is 0 Å². The van der Waals surface area contributed by atoms with Crippen LogP contribution in [0.3, 0.4) is 0 Å². The number of anilines is 1. The molecule has 5 heteroatoms. The normalized spacial score (nSPS) is 12.9. The van der Waals surface area contributed by atoms with Gasteiger partial charge in [0.15, 0.2) is 0 Å². The Kier molecular flexibility index (Phi) is 4.99. The molecule has 16 heavy (non-hydrogen) atoms. The van der Waals surface area contributed by atoms with Crippen LogP contribution in [0.15, 0.2) is 12.1 Å². The highest BCUT2D eigenvalue weighted by Gasteiger charge is 2.06. The van der Waals surface area contributed by atoms with Gasteiger partial charge in [-0.2, -0.15) is 0 Å². The van der Waals surface area contributed by atoms with Crippen LogP contribution in [-0.4, -0.2) is 48.3 Å². The molecule has 0 unspecified atom stereocenters. The Morgan fingerprint density at radius 3 is 2.75 bits per heavy atom. The summed E-state index contributed by atoms with van der Waals surface area (Å²) >= 11 is 5.87. The van der Waals surface area contributed by atoms with Crippen molar-refractivity contribution in [2.24, 2.45) is 0 Å². The maximum absolute atomic E-state index is 9.65. The monoisotopic (exact) mass is 243 g/mol. The first-order chi connectivity index (χ1) is 7.49. The van der Waals surface area contributed by atoms with Gasteiger partial charge in [0.1, 0.15) is 5.82 Å². The second kappa shape index (κ2) is 6.03. The summed E-state index contributed by atoms with van der Waals surface area (Å²) < 4.78 is 0. The second-order valence-corrected chi connectivity index (χ2v) is 4.47. The van der Waals surface area contributed by atoms with Crippen LogP contribution in [-0.2, 0) is 0 Å². The molecule has 0 radical (unpaired) electrons. The average molecular weight is 244 g/mol. The molecule has 0 aromatic carbocycles. The second-order valence-electron chi connectivity index (χ2n) is 4.06. The highest BCUT2D eigenvalue weighted by molar-refractivity contribution is 6.31. The Hall–Kier alpha value is -0.840. The number of aromatic nitrogens is 1. The lowest BCUT2D eigenvalue weighted by Gasteiger charge is -2.16. The highest BCUT2D eigenvalue weighted by Crippen LogP contribution is 2.15. The smallest absolute Gasteiger partial charge is 0.126 e. The fourth-order valence-corrected chi connectivity index (χ4v) is 1.46. The van der Waals surface area contributed by atoms with E-state index in [0.29, 0.717) is 18.1 Å². The van der Waals surface area contributed by atoms with E-state index in [9.17, 15) is 5.11 Å². The van der Waals surface area contributed by atoms with Crippen LogP contribution < -0.4 is 5.32 Å². The number of rotatable bonds is 5. The minimum absolute atomic E-state index is 0.409. The van der Waals surface area contributed by atoms with Crippen LogP contribution in [0, 0.1) is 6.92 Å². The molecule has 2 N–H and O–H groups in total. The van der Waals surface area contributed by atoms with Gasteiger partial charge in [-0.15, -0.1) is 0 Å². The molecule has 0 bridgehead atoms. The first kappa shape index (κ1) is 13.2. The van der Waals surface area contributed by atoms with Crippen LogP contribution in [0.4, 0.5) is 5.82 Å². The van der Waals surface area contributed by atoms with Crippen LogP contribution >= 0.6 is 11.6 Å². The highest BCUT2D eigenvalue weighted by atomic mass is 35.5. The number of aliphatic hydroxyl groups is 1. The summed E-state index contributed by atoms with van der Waals surface area (Å²) in [5, 5.41) is 13.4. The predicted molar refractivity (Wildman–Crippen MR) is 67.0 cm³/mol. The zero-order chi connectivity index (χ0) is 12.1. The fraction of sp³-hybridized carbons (Fsp3) is 0.545. The van der Waals surface area contributed by atoms with Crippen molar-refractivity contribution >= 4 is 17.4 Å². The molecule has 90 valence electrons. The SMILES string of the molecule is Cc1nc(NC[C@H](O)CN(C)C)ccc1Cl. The molecule has 0 amide bonds. The molecule has 1 rings (SSSR count). The maximum atomic E-state index is 9.65. The van der Waals surface area contributed by atoms with E-state index in [1.807, 2.05) is 25.9 Å². The Bertz CT molecular complexity index is 344. The van der Waals surface area contributed by atoms with Crippen molar-refractivity contribution < 1.29 is 5.11 Å². The Balaban J connectivity index is 2.45. The topological polar surface area (TPSA) is 48.4 Å². The Morgan fingerprint density at radius 2 is 2.19 bits per heavy atom. The van der Waals surface area contributed by atoms with Crippen LogP contribution in [0.5, 0.6) is 0 Å². The third kappa shape index (κ3) is 4.35. The van der Waals surface area contributed by atoms with Gasteiger partial charge < -0.3 is 15.3 Å². The molecular formula is C11H18ClN3O. The van der Waals surface area contributed by atoms with Gasteiger partial charge in [0.2, 0.25) is 0 Å². The lowest BCUT2D eigenvalue weighted by atomic mass is 10.3. The lowest BCUT2D eigenvalue weighted by molar-refractivity contribution is 0.148. The summed E-state index contributed by atoms with van der Waals surface area (Å²) in [7, 11) is 3.85. The standard InChI is InChI=1S/C11H18ClN3O/c1-8-10(12)4-5-11(14-8)13-6-9(16)7-15(2)3/h4-5,9,16H,6-7H2,1-3H3,(H,13,14)/t9-/m0/s1. The number of nitrogens with one attached hydrogen (secondary N) is 1. The van der Waals surface area contributed by atoms with Gasteiger partial charge in [0.25, 0.3) is 0 Å². The average Bonchev–Trinajstić information content (AvgIpc) is 2.19. The molecule has 0 saturated carbocycles. The fourth-order valence-electron chi connectivity index (χ4n) is 1.35. The molecule has 1 atom stereocenters. The molecule has 0 aliphatic heterocycles. The number of pyridine rings is 1. The number of aliphatic hydroxyl groups excluding tert-OH is 1. The van der Waals surface area contributed by atoms with Crippen molar-refractivity contribution in [1.29, 1.82) is 0 Å². The molecular weight excluding hydrogens is 226 g/mol. The van der Waals surface area contributed by atoms with E-state index in [1.54, 1.807) is 12.1 Å². The predicted octanol–water partition coefficient (Wildman–Crippen LogP) is 1.38. The largest absolute Gasteiger partial charge is 0.390 e. The van der Waals surface area contributed by atoms with Gasteiger partial charge in [0, 0.05) is 13.1 Å². The van der Waals surface area contributed by atoms with Gasteiger partial charge in [-0.25, -0.2) is 4.98 Å². The van der Waals surface area contributed by atoms with Crippen molar-refractivity contribution in [1.82, 2.24) is 9.88 Å². The van der Waals surface area contributed by atoms with Crippen molar-refractivity contribution in [3.05, 3.63) is 22.8 Å². The summed E-state index contributed by atoms with van der Waals surface area (Å²) in [5.41, 5.74) is 0.786. The van der Waals surface area contributed by atoms with Gasteiger partial charge in [0.05, 0.1) is 16.8 Å². The van der Waals surface area contributed by atoms with E-state index < -0.39 is 6.10 Å². The molecule has 0 saturated heterocycles. The van der Waals surface area contributed by atoms with E-state index in [-0.39, 0.29) is 0 Å². The summed E-state index contributed by atoms with van der Waals surface area (Å²) in [5.74, 6) is 0.736. The van der Waals surface area contributed by atoms with Gasteiger partial charge >= 0.3 is 0 Å². The molecule has 0 aliphatic carbocycles. The van der Waals surface area contributed by atoms with Crippen LogP contribution in [0.2, 0.25) is 5.02 Å². The van der Waals surface area contributed by atoms with Gasteiger partial charge in [-0.05, 0) is 33.2 Å². The number of hydrogen-bond donors (Lipinski definition) is 2. The van der Waals surface area contributed by atoms with E-state index in [0.717, 1.165) is 11.5 Å². The molecule has 0 spiro atoms. The molecule has 1 aromatic rings. The summed E-state index contributed by atoms with van der Waals surface area (Å²) in [6, 6.07) is 3.60. The number of nitrogens with zero attached hydrogens (tertiary/aromatic N) is 2. The van der Waals surface area contributed by atoms with Crippen molar-refractivity contribution in [3.63, 3.8) is 0 Å². The minimum atomic E-state index is -0.409. The van der Waals surface area contributed by atoms with Crippen molar-refractivity contribution in [2.45, 2.75) is 13.0 Å². The minimum Gasteiger partial charge on any atom is -0.390 e. The van der Waals surface area contributed by atoms with E-state index in [4.69, 9.17) is 11.6 Å². The quantitative estimate of drug-likeness (QED) is 0.820. The molecule has 0 fully saturated rings. The zero-order valence-electron chi connectivity index (χ0n) is 9.87. The van der Waals surface area contributed by atoms with E-state index in [1.165, 1.54) is 0 Å². The van der Waals surface area contributed by atoms with Crippen LogP contribution in [0.1, 0.15) is 5.69 Å². The summed E-state index contributed by atoms with van der Waals surface area (Å²) in [6.07, 6.45) is -0.409.